The highest BCUT2D eigenvalue weighted by Crippen LogP contribution is 2.26. The highest BCUT2D eigenvalue weighted by atomic mass is 32.2. The van der Waals surface area contributed by atoms with Crippen molar-refractivity contribution in [2.45, 2.75) is 25.5 Å². The first-order chi connectivity index (χ1) is 12.9. The molecular formula is C21H22N2O2S2. The summed E-state index contributed by atoms with van der Waals surface area (Å²) in [5.41, 5.74) is 4.59. The van der Waals surface area contributed by atoms with Gasteiger partial charge in [-0.2, -0.15) is 0 Å². The highest BCUT2D eigenvalue weighted by Gasteiger charge is 2.11. The molecule has 1 atom stereocenters. The van der Waals surface area contributed by atoms with Crippen molar-refractivity contribution in [3.8, 4) is 11.3 Å². The van der Waals surface area contributed by atoms with E-state index in [1.165, 1.54) is 16.9 Å². The van der Waals surface area contributed by atoms with Crippen LogP contribution >= 0.6 is 11.3 Å². The molecule has 140 valence electrons. The summed E-state index contributed by atoms with van der Waals surface area (Å²) < 4.78 is 11.4. The number of amides is 1. The Morgan fingerprint density at radius 3 is 2.59 bits per heavy atom. The van der Waals surface area contributed by atoms with Crippen LogP contribution in [-0.4, -0.2) is 21.4 Å². The average molecular weight is 399 g/mol. The van der Waals surface area contributed by atoms with E-state index in [-0.39, 0.29) is 5.91 Å². The van der Waals surface area contributed by atoms with Gasteiger partial charge < -0.3 is 0 Å². The number of rotatable bonds is 6. The van der Waals surface area contributed by atoms with Gasteiger partial charge in [0.2, 0.25) is 0 Å². The van der Waals surface area contributed by atoms with E-state index in [9.17, 15) is 9.00 Å². The van der Waals surface area contributed by atoms with Gasteiger partial charge in [0.15, 0.2) is 5.13 Å². The fourth-order valence-corrected chi connectivity index (χ4v) is 4.07. The van der Waals surface area contributed by atoms with Crippen LogP contribution in [0.4, 0.5) is 5.13 Å². The van der Waals surface area contributed by atoms with Gasteiger partial charge in [-0.25, -0.2) is 4.98 Å². The number of benzene rings is 2. The molecule has 2 aromatic carbocycles. The van der Waals surface area contributed by atoms with Crippen LogP contribution in [0.5, 0.6) is 0 Å². The fraction of sp³-hybridized carbons (Fsp3) is 0.238. The van der Waals surface area contributed by atoms with E-state index in [2.05, 4.69) is 48.4 Å². The molecule has 27 heavy (non-hydrogen) atoms. The Bertz CT molecular complexity index is 962. The topological polar surface area (TPSA) is 59.1 Å². The van der Waals surface area contributed by atoms with Gasteiger partial charge in [-0.1, -0.05) is 50.2 Å². The second kappa shape index (κ2) is 8.59. The Labute approximate surface area is 166 Å². The second-order valence-electron chi connectivity index (χ2n) is 6.69. The summed E-state index contributed by atoms with van der Waals surface area (Å²) in [7, 11) is -0.941. The number of carbonyl (C=O) groups excluding carboxylic acids is 1. The van der Waals surface area contributed by atoms with Gasteiger partial charge >= 0.3 is 0 Å². The Morgan fingerprint density at radius 1 is 1.19 bits per heavy atom. The second-order valence-corrected chi connectivity index (χ2v) is 8.98. The zero-order chi connectivity index (χ0) is 19.4. The first kappa shape index (κ1) is 19.5. The number of aromatic nitrogens is 1. The number of anilines is 1. The summed E-state index contributed by atoms with van der Waals surface area (Å²) in [6.45, 7) is 4.33. The molecule has 0 bridgehead atoms. The summed E-state index contributed by atoms with van der Waals surface area (Å²) in [6.07, 6.45) is 1.65. The van der Waals surface area contributed by atoms with Crippen LogP contribution in [0.1, 0.15) is 41.3 Å². The van der Waals surface area contributed by atoms with E-state index < -0.39 is 10.8 Å². The van der Waals surface area contributed by atoms with Crippen molar-refractivity contribution in [1.82, 2.24) is 4.98 Å². The first-order valence-electron chi connectivity index (χ1n) is 8.68. The zero-order valence-electron chi connectivity index (χ0n) is 15.6. The van der Waals surface area contributed by atoms with Crippen LogP contribution in [0.2, 0.25) is 0 Å². The van der Waals surface area contributed by atoms with E-state index in [0.717, 1.165) is 16.8 Å². The Hall–Kier alpha value is -2.31. The predicted octanol–water partition coefficient (Wildman–Crippen LogP) is 5.06. The molecular weight excluding hydrogens is 376 g/mol. The molecule has 0 aliphatic rings. The molecule has 0 fully saturated rings. The molecule has 1 heterocycles. The lowest BCUT2D eigenvalue weighted by atomic mass is 10.0. The quantitative estimate of drug-likeness (QED) is 0.631. The van der Waals surface area contributed by atoms with Crippen LogP contribution in [0.3, 0.4) is 0 Å². The summed E-state index contributed by atoms with van der Waals surface area (Å²) in [6, 6.07) is 15.5. The van der Waals surface area contributed by atoms with Crippen LogP contribution < -0.4 is 5.32 Å². The minimum atomic E-state index is -0.941. The minimum absolute atomic E-state index is 0.213. The monoisotopic (exact) mass is 398 g/mol. The number of thiazole rings is 1. The van der Waals surface area contributed by atoms with Crippen LogP contribution in [0.25, 0.3) is 11.3 Å². The van der Waals surface area contributed by atoms with Gasteiger partial charge in [0.05, 0.1) is 5.69 Å². The maximum atomic E-state index is 12.5. The Balaban J connectivity index is 1.72. The number of hydrogen-bond donors (Lipinski definition) is 1. The molecule has 3 rings (SSSR count). The highest BCUT2D eigenvalue weighted by molar-refractivity contribution is 7.83. The van der Waals surface area contributed by atoms with E-state index in [0.29, 0.717) is 22.4 Å². The van der Waals surface area contributed by atoms with E-state index in [1.807, 2.05) is 11.4 Å². The molecule has 1 unspecified atom stereocenters. The van der Waals surface area contributed by atoms with Crippen LogP contribution in [0, 0.1) is 0 Å². The number of nitrogens with one attached hydrogen (secondary N) is 1. The molecule has 4 nitrogen and oxygen atoms in total. The van der Waals surface area contributed by atoms with E-state index >= 15 is 0 Å². The molecule has 1 aromatic heterocycles. The third-order valence-electron chi connectivity index (χ3n) is 4.16. The number of nitrogens with zero attached hydrogens (tertiary/aromatic N) is 1. The van der Waals surface area contributed by atoms with Crippen molar-refractivity contribution in [3.05, 3.63) is 70.6 Å². The van der Waals surface area contributed by atoms with Crippen LogP contribution in [-0.2, 0) is 16.6 Å². The zero-order valence-corrected chi connectivity index (χ0v) is 17.2. The molecule has 0 spiro atoms. The van der Waals surface area contributed by atoms with Gasteiger partial charge in [-0.15, -0.1) is 11.3 Å². The summed E-state index contributed by atoms with van der Waals surface area (Å²) in [5.74, 6) is 0.717. The Kier molecular flexibility index (Phi) is 6.19. The lowest BCUT2D eigenvalue weighted by molar-refractivity contribution is 0.102. The van der Waals surface area contributed by atoms with Crippen molar-refractivity contribution in [3.63, 3.8) is 0 Å². The smallest absolute Gasteiger partial charge is 0.257 e. The molecule has 0 saturated heterocycles. The lowest BCUT2D eigenvalue weighted by Crippen LogP contribution is -2.12. The maximum Gasteiger partial charge on any atom is 0.257 e. The van der Waals surface area contributed by atoms with E-state index in [1.54, 1.807) is 24.5 Å². The van der Waals surface area contributed by atoms with Crippen molar-refractivity contribution in [1.29, 1.82) is 0 Å². The van der Waals surface area contributed by atoms with Gasteiger partial charge in [-0.05, 0) is 29.2 Å². The van der Waals surface area contributed by atoms with Gasteiger partial charge in [0.25, 0.3) is 5.91 Å². The molecule has 3 aromatic rings. The molecule has 0 saturated carbocycles. The molecule has 1 amide bonds. The maximum absolute atomic E-state index is 12.5. The number of carbonyl (C=O) groups is 1. The van der Waals surface area contributed by atoms with Gasteiger partial charge in [0, 0.05) is 39.3 Å². The molecule has 6 heteroatoms. The largest absolute Gasteiger partial charge is 0.298 e. The first-order valence-corrected chi connectivity index (χ1v) is 11.3. The Morgan fingerprint density at radius 2 is 1.93 bits per heavy atom. The van der Waals surface area contributed by atoms with Gasteiger partial charge in [0.1, 0.15) is 0 Å². The summed E-state index contributed by atoms with van der Waals surface area (Å²) in [4.78, 5) is 17.0. The van der Waals surface area contributed by atoms with Crippen molar-refractivity contribution in [2.75, 3.05) is 11.6 Å². The third kappa shape index (κ3) is 5.11. The molecule has 0 aliphatic heterocycles. The normalized spacial score (nSPS) is 12.1. The number of hydrogen-bond acceptors (Lipinski definition) is 4. The van der Waals surface area contributed by atoms with E-state index in [4.69, 9.17) is 0 Å². The SMILES string of the molecule is CC(C)c1ccc(-c2csc(NC(=O)c3cccc(CS(C)=O)c3)n2)cc1. The van der Waals surface area contributed by atoms with Crippen molar-refractivity contribution >= 4 is 33.2 Å². The molecule has 0 radical (unpaired) electrons. The standard InChI is InChI=1S/C21H22N2O2S2/c1-14(2)16-7-9-17(10-8-16)19-12-26-21(22-19)23-20(24)18-6-4-5-15(11-18)13-27(3)25/h4-12,14H,13H2,1-3H3,(H,22,23,24). The van der Waals surface area contributed by atoms with Crippen molar-refractivity contribution in [2.24, 2.45) is 0 Å². The van der Waals surface area contributed by atoms with Gasteiger partial charge in [-0.3, -0.25) is 14.3 Å². The van der Waals surface area contributed by atoms with Crippen LogP contribution in [0.15, 0.2) is 53.9 Å². The lowest BCUT2D eigenvalue weighted by Gasteiger charge is -2.05. The summed E-state index contributed by atoms with van der Waals surface area (Å²) >= 11 is 1.40. The minimum Gasteiger partial charge on any atom is -0.298 e. The predicted molar refractivity (Wildman–Crippen MR) is 114 cm³/mol. The average Bonchev–Trinajstić information content (AvgIpc) is 3.10. The molecule has 1 N–H and O–H groups in total. The fourth-order valence-electron chi connectivity index (χ4n) is 2.71. The molecule has 0 aliphatic carbocycles. The third-order valence-corrected chi connectivity index (χ3v) is 5.65. The summed E-state index contributed by atoms with van der Waals surface area (Å²) in [5, 5.41) is 5.35. The van der Waals surface area contributed by atoms with Crippen molar-refractivity contribution < 1.29 is 9.00 Å².